The van der Waals surface area contributed by atoms with Crippen LogP contribution in [0.15, 0.2) is 30.3 Å². The molecule has 0 bridgehead atoms. The van der Waals surface area contributed by atoms with Gasteiger partial charge in [-0.2, -0.15) is 12.6 Å². The van der Waals surface area contributed by atoms with E-state index in [4.69, 9.17) is 6.48 Å². The maximum atomic E-state index is 14.5. The summed E-state index contributed by atoms with van der Waals surface area (Å²) in [5.41, 5.74) is -2.28. The van der Waals surface area contributed by atoms with E-state index in [0.717, 1.165) is 0 Å². The van der Waals surface area contributed by atoms with Crippen LogP contribution >= 0.6 is 12.6 Å². The molecule has 0 saturated heterocycles. The molecule has 1 aromatic rings. The number of benzene rings is 1. The van der Waals surface area contributed by atoms with Crippen molar-refractivity contribution in [1.29, 1.82) is 0 Å². The number of hydrogen-bond donors (Lipinski definition) is 3. The maximum Gasteiger partial charge on any atom is 0.196 e. The van der Waals surface area contributed by atoms with Gasteiger partial charge in [-0.15, -0.1) is 0 Å². The molecule has 0 unspecified atom stereocenters. The minimum absolute atomic E-state index is 0.422. The van der Waals surface area contributed by atoms with Crippen LogP contribution in [0, 0.1) is 0 Å². The Bertz CT molecular complexity index is 404. The average Bonchev–Trinajstić information content (AvgIpc) is 2.37. The zero-order valence-corrected chi connectivity index (χ0v) is 9.98. The molecule has 0 fully saturated rings. The second-order valence-electron chi connectivity index (χ2n) is 3.82. The number of thiol groups is 1. The van der Waals surface area contributed by atoms with E-state index in [9.17, 15) is 14.3 Å². The van der Waals surface area contributed by atoms with Gasteiger partial charge in [-0.25, -0.2) is 4.39 Å². The first-order chi connectivity index (χ1) is 8.41. The molecule has 0 aliphatic carbocycles. The molecule has 0 radical (unpaired) electrons. The molecule has 0 aliphatic rings. The Hall–Kier alpha value is -0.910. The lowest BCUT2D eigenvalue weighted by Gasteiger charge is -2.28. The molecule has 0 heterocycles. The molecule has 2 N–H and O–H groups in total. The first-order valence-electron chi connectivity index (χ1n) is 5.62. The van der Waals surface area contributed by atoms with Crippen molar-refractivity contribution in [2.24, 2.45) is 0 Å². The monoisotopic (exact) mass is 259 g/mol. The predicted molar refractivity (Wildman–Crippen MR) is 65.9 cm³/mol. The van der Waals surface area contributed by atoms with Crippen molar-refractivity contribution in [3.63, 3.8) is 0 Å². The van der Waals surface area contributed by atoms with Gasteiger partial charge in [0.1, 0.15) is 7.47 Å². The predicted octanol–water partition coefficient (Wildman–Crippen LogP) is 0.788. The van der Waals surface area contributed by atoms with Crippen molar-refractivity contribution >= 4 is 18.9 Å². The van der Waals surface area contributed by atoms with Gasteiger partial charge in [0, 0.05) is 6.42 Å². The smallest absolute Gasteiger partial charge is 0.196 e. The fourth-order valence-corrected chi connectivity index (χ4v) is 1.74. The van der Waals surface area contributed by atoms with Crippen molar-refractivity contribution in [2.75, 3.05) is 6.61 Å². The highest BCUT2D eigenvalue weighted by molar-refractivity contribution is 7.81. The van der Waals surface area contributed by atoms with Crippen molar-refractivity contribution in [1.82, 2.24) is 0 Å². The SMILES string of the molecule is [2H]C(=O)[C@](F)(Cc1ccccc1)[C@H](O)[C@H](S)CO. The summed E-state index contributed by atoms with van der Waals surface area (Å²) in [7, 11) is 0. The molecule has 5 heteroatoms. The lowest BCUT2D eigenvalue weighted by atomic mass is 9.90. The summed E-state index contributed by atoms with van der Waals surface area (Å²) >= 11 is 3.80. The van der Waals surface area contributed by atoms with E-state index in [1.54, 1.807) is 30.3 Å². The van der Waals surface area contributed by atoms with Crippen molar-refractivity contribution < 1.29 is 20.8 Å². The average molecular weight is 259 g/mol. The number of halogens is 1. The quantitative estimate of drug-likeness (QED) is 0.523. The summed E-state index contributed by atoms with van der Waals surface area (Å²) < 4.78 is 21.5. The van der Waals surface area contributed by atoms with Crippen molar-refractivity contribution in [3.8, 4) is 0 Å². The van der Waals surface area contributed by atoms with Gasteiger partial charge >= 0.3 is 0 Å². The summed E-state index contributed by atoms with van der Waals surface area (Å²) in [5.74, 6) is 0. The highest BCUT2D eigenvalue weighted by Crippen LogP contribution is 2.24. The van der Waals surface area contributed by atoms with Gasteiger partial charge in [0.25, 0.3) is 0 Å². The number of aldehydes is 1. The van der Waals surface area contributed by atoms with Gasteiger partial charge in [-0.05, 0) is 5.56 Å². The Labute approximate surface area is 106 Å². The van der Waals surface area contributed by atoms with Crippen LogP contribution in [0.2, 0.25) is 0 Å². The number of rotatable bonds is 6. The van der Waals surface area contributed by atoms with Gasteiger partial charge in [-0.1, -0.05) is 30.3 Å². The molecule has 94 valence electrons. The van der Waals surface area contributed by atoms with Gasteiger partial charge < -0.3 is 10.2 Å². The molecule has 0 aromatic heterocycles. The van der Waals surface area contributed by atoms with Gasteiger partial charge in [0.2, 0.25) is 0 Å². The van der Waals surface area contributed by atoms with Crippen LogP contribution in [-0.2, 0) is 11.2 Å². The number of carbonyl (C=O) groups is 1. The number of aliphatic hydroxyl groups is 2. The molecule has 1 aromatic carbocycles. The first kappa shape index (κ1) is 12.5. The summed E-state index contributed by atoms with van der Waals surface area (Å²) in [6, 6.07) is 8.26. The van der Waals surface area contributed by atoms with Crippen LogP contribution in [0.4, 0.5) is 4.39 Å². The second-order valence-corrected chi connectivity index (χ2v) is 4.48. The Morgan fingerprint density at radius 3 is 2.59 bits per heavy atom. The Balaban J connectivity index is 2.97. The van der Waals surface area contributed by atoms with Gasteiger partial charge in [0.15, 0.2) is 11.9 Å². The highest BCUT2D eigenvalue weighted by atomic mass is 32.1. The summed E-state index contributed by atoms with van der Waals surface area (Å²) in [6.07, 6.45) is -3.78. The van der Waals surface area contributed by atoms with E-state index in [2.05, 4.69) is 12.6 Å². The lowest BCUT2D eigenvalue weighted by molar-refractivity contribution is -0.125. The van der Waals surface area contributed by atoms with E-state index in [1.165, 1.54) is 0 Å². The fraction of sp³-hybridized carbons (Fsp3) is 0.417. The van der Waals surface area contributed by atoms with E-state index in [-0.39, 0.29) is 0 Å². The summed E-state index contributed by atoms with van der Waals surface area (Å²) in [6.45, 7) is -0.585. The largest absolute Gasteiger partial charge is 0.395 e. The second kappa shape index (κ2) is 6.14. The normalized spacial score (nSPS) is 18.9. The van der Waals surface area contributed by atoms with Crippen LogP contribution in [0.5, 0.6) is 0 Å². The molecular weight excluding hydrogens is 243 g/mol. The van der Waals surface area contributed by atoms with Crippen molar-refractivity contribution in [3.05, 3.63) is 35.9 Å². The minimum atomic E-state index is -2.77. The van der Waals surface area contributed by atoms with Crippen LogP contribution in [-0.4, -0.2) is 40.1 Å². The van der Waals surface area contributed by atoms with Gasteiger partial charge in [-0.3, -0.25) is 4.79 Å². The van der Waals surface area contributed by atoms with E-state index in [0.29, 0.717) is 5.56 Å². The van der Waals surface area contributed by atoms with Crippen LogP contribution < -0.4 is 0 Å². The maximum absolute atomic E-state index is 14.5. The molecule has 3 atom stereocenters. The highest BCUT2D eigenvalue weighted by Gasteiger charge is 2.41. The van der Waals surface area contributed by atoms with Crippen LogP contribution in [0.25, 0.3) is 0 Å². The molecule has 0 amide bonds. The summed E-state index contributed by atoms with van der Waals surface area (Å²) in [5, 5.41) is 17.4. The first-order valence-corrected chi connectivity index (χ1v) is 5.64. The number of alkyl halides is 1. The topological polar surface area (TPSA) is 57.5 Å². The Morgan fingerprint density at radius 1 is 1.53 bits per heavy atom. The van der Waals surface area contributed by atoms with E-state index < -0.39 is 36.3 Å². The van der Waals surface area contributed by atoms with E-state index in [1.807, 2.05) is 0 Å². The third-order valence-electron chi connectivity index (χ3n) is 2.49. The van der Waals surface area contributed by atoms with Crippen LogP contribution in [0.3, 0.4) is 0 Å². The van der Waals surface area contributed by atoms with Crippen molar-refractivity contribution in [2.45, 2.75) is 23.4 Å². The number of carbonyl (C=O) groups excluding carboxylic acids is 1. The zero-order chi connectivity index (χ0) is 13.8. The molecule has 3 nitrogen and oxygen atoms in total. The molecule has 0 aliphatic heterocycles. The molecule has 17 heavy (non-hydrogen) atoms. The zero-order valence-electron chi connectivity index (χ0n) is 10.1. The van der Waals surface area contributed by atoms with Crippen LogP contribution in [0.1, 0.15) is 6.93 Å². The molecule has 0 saturated carbocycles. The number of aliphatic hydroxyl groups excluding tert-OH is 2. The molecule has 1 rings (SSSR count). The fourth-order valence-electron chi connectivity index (χ4n) is 1.50. The van der Waals surface area contributed by atoms with E-state index >= 15 is 0 Å². The lowest BCUT2D eigenvalue weighted by Crippen LogP contribution is -2.48. The third kappa shape index (κ3) is 3.52. The third-order valence-corrected chi connectivity index (χ3v) is 2.94. The standard InChI is InChI=1S/C12H15FO3S/c13-12(8-15,11(16)10(17)7-14)6-9-4-2-1-3-5-9/h1-5,8,10-11,14,16-17H,6-7H2/t10-,11-,12-/m1/s1/i8D. The van der Waals surface area contributed by atoms with Gasteiger partial charge in [0.05, 0.1) is 11.9 Å². The Kier molecular flexibility index (Phi) is 4.53. The molecule has 0 spiro atoms. The number of hydrogen-bond acceptors (Lipinski definition) is 4. The molecular formula is C12H15FO3S. The Morgan fingerprint density at radius 2 is 2.12 bits per heavy atom. The minimum Gasteiger partial charge on any atom is -0.395 e. The summed E-state index contributed by atoms with van der Waals surface area (Å²) in [4.78, 5) is 11.1.